The minimum atomic E-state index is -3.94. The summed E-state index contributed by atoms with van der Waals surface area (Å²) in [5.41, 5.74) is 1.82. The Hall–Kier alpha value is -3.10. The third-order valence-corrected chi connectivity index (χ3v) is 9.13. The van der Waals surface area contributed by atoms with E-state index in [1.165, 1.54) is 23.5 Å². The summed E-state index contributed by atoms with van der Waals surface area (Å²) in [6.45, 7) is 1.02. The van der Waals surface area contributed by atoms with Crippen molar-refractivity contribution in [2.45, 2.75) is 17.5 Å². The first-order chi connectivity index (χ1) is 18.1. The van der Waals surface area contributed by atoms with Crippen molar-refractivity contribution < 1.29 is 31.1 Å². The molecule has 11 nitrogen and oxygen atoms in total. The van der Waals surface area contributed by atoms with Crippen LogP contribution in [0.5, 0.6) is 5.75 Å². The molecule has 0 bridgehead atoms. The van der Waals surface area contributed by atoms with E-state index in [0.29, 0.717) is 12.4 Å². The number of aromatic nitrogens is 1. The zero-order chi connectivity index (χ0) is 27.3. The molecule has 0 saturated carbocycles. The van der Waals surface area contributed by atoms with E-state index < -0.39 is 32.1 Å². The lowest BCUT2D eigenvalue weighted by Crippen LogP contribution is -2.56. The van der Waals surface area contributed by atoms with E-state index in [1.54, 1.807) is 23.2 Å². The van der Waals surface area contributed by atoms with Gasteiger partial charge in [0.25, 0.3) is 0 Å². The van der Waals surface area contributed by atoms with Gasteiger partial charge in [-0.05, 0) is 36.4 Å². The first-order valence-corrected chi connectivity index (χ1v) is 15.2. The smallest absolute Gasteiger partial charge is 0.324 e. The van der Waals surface area contributed by atoms with E-state index in [-0.39, 0.29) is 37.6 Å². The first-order valence-electron chi connectivity index (χ1n) is 11.9. The quantitative estimate of drug-likeness (QED) is 0.362. The summed E-state index contributed by atoms with van der Waals surface area (Å²) < 4.78 is 63.9. The Morgan fingerprint density at radius 2 is 1.68 bits per heavy atom. The third-order valence-electron chi connectivity index (χ3n) is 6.39. The highest BCUT2D eigenvalue weighted by Gasteiger charge is 2.33. The summed E-state index contributed by atoms with van der Waals surface area (Å²) in [5.74, 6) is -0.103. The standard InChI is InChI=1S/C25H30N4O7S2/c1-35-25(30)24(28-13-15-29(16-14-28)37(2,31)32)17-27-38(33,34)21-9-7-20(8-10-21)36-18-19-11-12-26-23-6-4-3-5-22(19)23/h3-12,24,27H,13-18H2,1-2H3. The Morgan fingerprint density at radius 3 is 2.34 bits per heavy atom. The van der Waals surface area contributed by atoms with Crippen LogP contribution in [0.15, 0.2) is 65.7 Å². The number of para-hydroxylation sites is 1. The van der Waals surface area contributed by atoms with E-state index in [1.807, 2.05) is 30.3 Å². The van der Waals surface area contributed by atoms with E-state index in [2.05, 4.69) is 9.71 Å². The summed E-state index contributed by atoms with van der Waals surface area (Å²) in [6, 6.07) is 14.7. The van der Waals surface area contributed by atoms with E-state index in [4.69, 9.17) is 9.47 Å². The molecule has 0 spiro atoms. The van der Waals surface area contributed by atoms with Crippen molar-refractivity contribution >= 4 is 36.9 Å². The van der Waals surface area contributed by atoms with E-state index >= 15 is 0 Å². The molecule has 0 aliphatic carbocycles. The summed E-state index contributed by atoms with van der Waals surface area (Å²) >= 11 is 0. The van der Waals surface area contributed by atoms with Gasteiger partial charge in [0.05, 0.1) is 23.8 Å². The van der Waals surface area contributed by atoms with Gasteiger partial charge in [0.15, 0.2) is 0 Å². The molecule has 204 valence electrons. The summed E-state index contributed by atoms with van der Waals surface area (Å²) in [5, 5.41) is 0.983. The van der Waals surface area contributed by atoms with Crippen LogP contribution in [0.25, 0.3) is 10.9 Å². The van der Waals surface area contributed by atoms with Gasteiger partial charge in [0.2, 0.25) is 20.0 Å². The predicted molar refractivity (Wildman–Crippen MR) is 141 cm³/mol. The van der Waals surface area contributed by atoms with Crippen molar-refractivity contribution in [3.05, 3.63) is 66.4 Å². The molecular weight excluding hydrogens is 532 g/mol. The Kier molecular flexibility index (Phi) is 8.63. The number of benzene rings is 2. The number of piperazine rings is 1. The van der Waals surface area contributed by atoms with Crippen LogP contribution in [0.4, 0.5) is 0 Å². The number of sulfonamides is 2. The maximum Gasteiger partial charge on any atom is 0.324 e. The Morgan fingerprint density at radius 1 is 1.00 bits per heavy atom. The van der Waals surface area contributed by atoms with Gasteiger partial charge >= 0.3 is 5.97 Å². The molecule has 4 rings (SSSR count). The highest BCUT2D eigenvalue weighted by atomic mass is 32.2. The van der Waals surface area contributed by atoms with Crippen LogP contribution in [-0.4, -0.2) is 89.1 Å². The van der Waals surface area contributed by atoms with Crippen molar-refractivity contribution in [1.29, 1.82) is 0 Å². The SMILES string of the molecule is COC(=O)C(CNS(=O)(=O)c1ccc(OCc2ccnc3ccccc23)cc1)N1CCN(S(C)(=O)=O)CC1. The number of esters is 1. The van der Waals surface area contributed by atoms with Gasteiger partial charge in [-0.25, -0.2) is 21.6 Å². The number of nitrogens with zero attached hydrogens (tertiary/aromatic N) is 3. The molecule has 0 radical (unpaired) electrons. The zero-order valence-electron chi connectivity index (χ0n) is 21.1. The number of rotatable bonds is 10. The molecule has 38 heavy (non-hydrogen) atoms. The highest BCUT2D eigenvalue weighted by molar-refractivity contribution is 7.89. The van der Waals surface area contributed by atoms with Gasteiger partial charge in [-0.1, -0.05) is 18.2 Å². The lowest BCUT2D eigenvalue weighted by Gasteiger charge is -2.36. The number of hydrogen-bond donors (Lipinski definition) is 1. The van der Waals surface area contributed by atoms with Crippen molar-refractivity contribution in [3.63, 3.8) is 0 Å². The molecule has 1 aromatic heterocycles. The maximum atomic E-state index is 12.9. The van der Waals surface area contributed by atoms with Crippen molar-refractivity contribution in [3.8, 4) is 5.75 Å². The second-order valence-electron chi connectivity index (χ2n) is 8.84. The van der Waals surface area contributed by atoms with Crippen molar-refractivity contribution in [2.24, 2.45) is 0 Å². The zero-order valence-corrected chi connectivity index (χ0v) is 22.7. The van der Waals surface area contributed by atoms with Crippen LogP contribution < -0.4 is 9.46 Å². The number of ether oxygens (including phenoxy) is 2. The molecule has 1 atom stereocenters. The molecule has 1 fully saturated rings. The molecule has 1 unspecified atom stereocenters. The third kappa shape index (κ3) is 6.66. The normalized spacial score (nSPS) is 16.3. The topological polar surface area (TPSA) is 135 Å². The number of carbonyl (C=O) groups excluding carboxylic acids is 1. The molecule has 1 aliphatic heterocycles. The number of nitrogens with one attached hydrogen (secondary N) is 1. The van der Waals surface area contributed by atoms with Crippen LogP contribution in [0.2, 0.25) is 0 Å². The minimum absolute atomic E-state index is 0.0183. The Bertz CT molecular complexity index is 1480. The average molecular weight is 563 g/mol. The average Bonchev–Trinajstić information content (AvgIpc) is 2.91. The molecule has 13 heteroatoms. The van der Waals surface area contributed by atoms with Gasteiger partial charge in [-0.15, -0.1) is 0 Å². The second kappa shape index (κ2) is 11.7. The lowest BCUT2D eigenvalue weighted by molar-refractivity contribution is -0.147. The molecule has 2 aromatic carbocycles. The van der Waals surface area contributed by atoms with Gasteiger partial charge in [-0.2, -0.15) is 4.31 Å². The van der Waals surface area contributed by atoms with Crippen LogP contribution in [-0.2, 0) is 36.2 Å². The van der Waals surface area contributed by atoms with Crippen molar-refractivity contribution in [2.75, 3.05) is 46.1 Å². The molecule has 1 saturated heterocycles. The molecule has 1 aliphatic rings. The Labute approximate surface area is 222 Å². The lowest BCUT2D eigenvalue weighted by atomic mass is 10.1. The molecular formula is C25H30N4O7S2. The Balaban J connectivity index is 1.38. The van der Waals surface area contributed by atoms with Gasteiger partial charge in [0, 0.05) is 49.9 Å². The molecule has 0 amide bonds. The fraction of sp³-hybridized carbons (Fsp3) is 0.360. The van der Waals surface area contributed by atoms with Gasteiger partial charge in [-0.3, -0.25) is 14.7 Å². The fourth-order valence-electron chi connectivity index (χ4n) is 4.27. The van der Waals surface area contributed by atoms with Crippen LogP contribution >= 0.6 is 0 Å². The van der Waals surface area contributed by atoms with Crippen LogP contribution in [0.3, 0.4) is 0 Å². The number of carbonyl (C=O) groups is 1. The molecule has 3 aromatic rings. The first kappa shape index (κ1) is 27.9. The summed E-state index contributed by atoms with van der Waals surface area (Å²) in [4.78, 5) is 18.5. The largest absolute Gasteiger partial charge is 0.489 e. The predicted octanol–water partition coefficient (Wildman–Crippen LogP) is 1.21. The summed E-state index contributed by atoms with van der Waals surface area (Å²) in [7, 11) is -6.05. The number of pyridine rings is 1. The minimum Gasteiger partial charge on any atom is -0.489 e. The van der Waals surface area contributed by atoms with E-state index in [0.717, 1.165) is 22.7 Å². The van der Waals surface area contributed by atoms with Crippen LogP contribution in [0, 0.1) is 0 Å². The molecule has 2 heterocycles. The summed E-state index contributed by atoms with van der Waals surface area (Å²) in [6.07, 6.45) is 2.85. The number of fused-ring (bicyclic) bond motifs is 1. The number of hydrogen-bond acceptors (Lipinski definition) is 9. The maximum absolute atomic E-state index is 12.9. The van der Waals surface area contributed by atoms with Gasteiger partial charge < -0.3 is 9.47 Å². The van der Waals surface area contributed by atoms with Gasteiger partial charge in [0.1, 0.15) is 18.4 Å². The highest BCUT2D eigenvalue weighted by Crippen LogP contribution is 2.21. The molecule has 1 N–H and O–H groups in total. The second-order valence-corrected chi connectivity index (χ2v) is 12.6. The monoisotopic (exact) mass is 562 g/mol. The fourth-order valence-corrected chi connectivity index (χ4v) is 6.14. The van der Waals surface area contributed by atoms with Crippen molar-refractivity contribution in [1.82, 2.24) is 18.9 Å². The van der Waals surface area contributed by atoms with Crippen LogP contribution in [0.1, 0.15) is 5.56 Å². The number of methoxy groups -OCH3 is 1. The van der Waals surface area contributed by atoms with E-state index in [9.17, 15) is 21.6 Å².